The van der Waals surface area contributed by atoms with Crippen LogP contribution in [-0.2, 0) is 9.59 Å². The predicted molar refractivity (Wildman–Crippen MR) is 85.5 cm³/mol. The van der Waals surface area contributed by atoms with E-state index in [-0.39, 0.29) is 11.8 Å². The number of benzene rings is 1. The van der Waals surface area contributed by atoms with E-state index in [2.05, 4.69) is 10.2 Å². The van der Waals surface area contributed by atoms with Crippen LogP contribution in [0.4, 0.5) is 5.69 Å². The molecular weight excluding hydrogens is 286 g/mol. The van der Waals surface area contributed by atoms with Crippen LogP contribution in [0.2, 0.25) is 0 Å². The van der Waals surface area contributed by atoms with Crippen molar-refractivity contribution in [3.8, 4) is 0 Å². The van der Waals surface area contributed by atoms with E-state index in [9.17, 15) is 9.59 Å². The first-order valence-electron chi connectivity index (χ1n) is 7.01. The Bertz CT molecular complexity index is 513. The largest absolute Gasteiger partial charge is 0.340 e. The van der Waals surface area contributed by atoms with Crippen molar-refractivity contribution in [2.24, 2.45) is 0 Å². The number of rotatable bonds is 4. The molecule has 0 unspecified atom stereocenters. The zero-order chi connectivity index (χ0) is 15.2. The van der Waals surface area contributed by atoms with Gasteiger partial charge in [0.15, 0.2) is 0 Å². The Labute approximate surface area is 129 Å². The summed E-state index contributed by atoms with van der Waals surface area (Å²) < 4.78 is 0. The fourth-order valence-electron chi connectivity index (χ4n) is 2.36. The zero-order valence-electron chi connectivity index (χ0n) is 12.5. The Kier molecular flexibility index (Phi) is 5.64. The van der Waals surface area contributed by atoms with Crippen molar-refractivity contribution in [2.45, 2.75) is 11.8 Å². The molecule has 0 aliphatic carbocycles. The Balaban J connectivity index is 1.84. The van der Waals surface area contributed by atoms with Crippen molar-refractivity contribution in [2.75, 3.05) is 44.3 Å². The molecule has 1 aliphatic heterocycles. The van der Waals surface area contributed by atoms with Gasteiger partial charge in [-0.2, -0.15) is 0 Å². The van der Waals surface area contributed by atoms with E-state index in [1.807, 2.05) is 35.4 Å². The second-order valence-electron chi connectivity index (χ2n) is 5.03. The number of anilines is 1. The average Bonchev–Trinajstić information content (AvgIpc) is 2.48. The maximum Gasteiger partial charge on any atom is 0.238 e. The van der Waals surface area contributed by atoms with Gasteiger partial charge in [-0.15, -0.1) is 11.8 Å². The first-order chi connectivity index (χ1) is 10.1. The van der Waals surface area contributed by atoms with Gasteiger partial charge < -0.3 is 10.2 Å². The lowest BCUT2D eigenvalue weighted by molar-refractivity contribution is -0.130. The van der Waals surface area contributed by atoms with Crippen LogP contribution in [0.15, 0.2) is 29.2 Å². The van der Waals surface area contributed by atoms with Crippen LogP contribution in [0.3, 0.4) is 0 Å². The molecule has 0 radical (unpaired) electrons. The van der Waals surface area contributed by atoms with Crippen molar-refractivity contribution < 1.29 is 9.59 Å². The quantitative estimate of drug-likeness (QED) is 0.857. The van der Waals surface area contributed by atoms with Crippen LogP contribution in [0.5, 0.6) is 0 Å². The lowest BCUT2D eigenvalue weighted by atomic mass is 10.3. The summed E-state index contributed by atoms with van der Waals surface area (Å²) in [5.41, 5.74) is 0.859. The molecule has 1 heterocycles. The summed E-state index contributed by atoms with van der Waals surface area (Å²) in [5, 5.41) is 2.96. The number of hydrogen-bond acceptors (Lipinski definition) is 4. The molecule has 2 amide bonds. The Morgan fingerprint density at radius 2 is 1.86 bits per heavy atom. The highest BCUT2D eigenvalue weighted by atomic mass is 32.2. The number of carbonyl (C=O) groups is 2. The van der Waals surface area contributed by atoms with Crippen LogP contribution in [0, 0.1) is 0 Å². The number of hydrogen-bond donors (Lipinski definition) is 1. The summed E-state index contributed by atoms with van der Waals surface area (Å²) in [5.74, 6) is 0.0979. The lowest BCUT2D eigenvalue weighted by Gasteiger charge is -2.33. The number of amides is 2. The van der Waals surface area contributed by atoms with Crippen molar-refractivity contribution >= 4 is 29.3 Å². The molecule has 1 aliphatic rings. The Hall–Kier alpha value is -1.53. The van der Waals surface area contributed by atoms with E-state index >= 15 is 0 Å². The highest BCUT2D eigenvalue weighted by Gasteiger charge is 2.20. The average molecular weight is 307 g/mol. The molecule has 1 N–H and O–H groups in total. The molecule has 1 aromatic rings. The molecule has 0 saturated carbocycles. The SMILES string of the molecule is CSc1ccccc1NC(=O)CN1CCN(C(C)=O)CC1. The van der Waals surface area contributed by atoms with Gasteiger partial charge >= 0.3 is 0 Å². The van der Waals surface area contributed by atoms with E-state index in [4.69, 9.17) is 0 Å². The fraction of sp³-hybridized carbons (Fsp3) is 0.467. The molecule has 0 bridgehead atoms. The Morgan fingerprint density at radius 1 is 1.19 bits per heavy atom. The molecule has 5 nitrogen and oxygen atoms in total. The van der Waals surface area contributed by atoms with E-state index in [1.54, 1.807) is 18.7 Å². The summed E-state index contributed by atoms with van der Waals surface area (Å²) >= 11 is 1.61. The number of nitrogens with one attached hydrogen (secondary N) is 1. The van der Waals surface area contributed by atoms with Crippen molar-refractivity contribution in [1.29, 1.82) is 0 Å². The molecule has 1 aromatic carbocycles. The topological polar surface area (TPSA) is 52.7 Å². The number of nitrogens with zero attached hydrogens (tertiary/aromatic N) is 2. The molecule has 0 spiro atoms. The van der Waals surface area contributed by atoms with E-state index in [0.29, 0.717) is 19.6 Å². The predicted octanol–water partition coefficient (Wildman–Crippen LogP) is 1.51. The van der Waals surface area contributed by atoms with Crippen LogP contribution in [-0.4, -0.2) is 60.6 Å². The van der Waals surface area contributed by atoms with Crippen LogP contribution < -0.4 is 5.32 Å². The number of thioether (sulfide) groups is 1. The number of carbonyl (C=O) groups excluding carboxylic acids is 2. The number of piperazine rings is 1. The van der Waals surface area contributed by atoms with Crippen molar-refractivity contribution in [3.05, 3.63) is 24.3 Å². The summed E-state index contributed by atoms with van der Waals surface area (Å²) in [6.07, 6.45) is 1.99. The maximum atomic E-state index is 12.1. The second-order valence-corrected chi connectivity index (χ2v) is 5.88. The normalized spacial score (nSPS) is 15.8. The van der Waals surface area contributed by atoms with Gasteiger partial charge in [0, 0.05) is 38.0 Å². The minimum Gasteiger partial charge on any atom is -0.340 e. The van der Waals surface area contributed by atoms with Crippen molar-refractivity contribution in [3.63, 3.8) is 0 Å². The lowest BCUT2D eigenvalue weighted by Crippen LogP contribution is -2.49. The van der Waals surface area contributed by atoms with Gasteiger partial charge in [-0.1, -0.05) is 12.1 Å². The van der Waals surface area contributed by atoms with Gasteiger partial charge in [0.2, 0.25) is 11.8 Å². The second kappa shape index (κ2) is 7.47. The molecule has 1 fully saturated rings. The summed E-state index contributed by atoms with van der Waals surface area (Å²) in [6, 6.07) is 7.78. The van der Waals surface area contributed by atoms with E-state index < -0.39 is 0 Å². The molecule has 6 heteroatoms. The van der Waals surface area contributed by atoms with Crippen LogP contribution >= 0.6 is 11.8 Å². The molecular formula is C15H21N3O2S. The molecule has 2 rings (SSSR count). The summed E-state index contributed by atoms with van der Waals surface area (Å²) in [4.78, 5) is 28.3. The standard InChI is InChI=1S/C15H21N3O2S/c1-12(19)18-9-7-17(8-10-18)11-15(20)16-13-5-3-4-6-14(13)21-2/h3-6H,7-11H2,1-2H3,(H,16,20). The monoisotopic (exact) mass is 307 g/mol. The van der Waals surface area contributed by atoms with Gasteiger partial charge in [-0.3, -0.25) is 14.5 Å². The van der Waals surface area contributed by atoms with E-state index in [1.165, 1.54) is 0 Å². The Morgan fingerprint density at radius 3 is 2.48 bits per heavy atom. The van der Waals surface area contributed by atoms with Gasteiger partial charge in [0.05, 0.1) is 12.2 Å². The maximum absolute atomic E-state index is 12.1. The minimum atomic E-state index is -0.00669. The third-order valence-electron chi connectivity index (χ3n) is 3.57. The minimum absolute atomic E-state index is 0.00669. The van der Waals surface area contributed by atoms with Gasteiger partial charge in [0.1, 0.15) is 0 Å². The zero-order valence-corrected chi connectivity index (χ0v) is 13.3. The van der Waals surface area contributed by atoms with E-state index in [0.717, 1.165) is 23.7 Å². The third kappa shape index (κ3) is 4.47. The molecule has 1 saturated heterocycles. The highest BCUT2D eigenvalue weighted by Crippen LogP contribution is 2.24. The van der Waals surface area contributed by atoms with Gasteiger partial charge in [0.25, 0.3) is 0 Å². The smallest absolute Gasteiger partial charge is 0.238 e. The summed E-state index contributed by atoms with van der Waals surface area (Å²) in [7, 11) is 0. The number of para-hydroxylation sites is 1. The first kappa shape index (κ1) is 15.9. The molecule has 0 atom stereocenters. The molecule has 21 heavy (non-hydrogen) atoms. The summed E-state index contributed by atoms with van der Waals surface area (Å²) in [6.45, 7) is 4.85. The van der Waals surface area contributed by atoms with Gasteiger partial charge in [-0.25, -0.2) is 0 Å². The third-order valence-corrected chi connectivity index (χ3v) is 4.36. The first-order valence-corrected chi connectivity index (χ1v) is 8.23. The fourth-order valence-corrected chi connectivity index (χ4v) is 2.92. The molecule has 0 aromatic heterocycles. The van der Waals surface area contributed by atoms with Crippen molar-refractivity contribution in [1.82, 2.24) is 9.80 Å². The van der Waals surface area contributed by atoms with Crippen LogP contribution in [0.25, 0.3) is 0 Å². The highest BCUT2D eigenvalue weighted by molar-refractivity contribution is 7.98. The van der Waals surface area contributed by atoms with Gasteiger partial charge in [-0.05, 0) is 18.4 Å². The van der Waals surface area contributed by atoms with Crippen LogP contribution in [0.1, 0.15) is 6.92 Å². The molecule has 114 valence electrons.